The van der Waals surface area contributed by atoms with Crippen LogP contribution in [0, 0.1) is 11.3 Å². The van der Waals surface area contributed by atoms with E-state index in [4.69, 9.17) is 5.11 Å². The second-order valence-electron chi connectivity index (χ2n) is 3.35. The summed E-state index contributed by atoms with van der Waals surface area (Å²) in [6.45, 7) is 5.92. The summed E-state index contributed by atoms with van der Waals surface area (Å²) >= 11 is 0. The summed E-state index contributed by atoms with van der Waals surface area (Å²) < 4.78 is 0. The topological polar surface area (TPSA) is 37.3 Å². The standard InChI is InChI=1S/C8H16O2.Sg/c1-7(4-5-9)8(2,3)6-10;/h6-7,9H,4-5H2,1-3H3;/t7-;/m0./s1. The van der Waals surface area contributed by atoms with E-state index in [1.165, 1.54) is 0 Å². The zero-order valence-corrected chi connectivity index (χ0v) is 14.1. The van der Waals surface area contributed by atoms with E-state index in [0.717, 1.165) is 6.29 Å². The molecule has 1 N–H and O–H groups in total. The third kappa shape index (κ3) is 3.36. The number of hydrogen-bond acceptors (Lipinski definition) is 2. The number of carbonyl (C=O) groups is 1. The molecule has 0 aromatic heterocycles. The van der Waals surface area contributed by atoms with Crippen molar-refractivity contribution in [1.29, 1.82) is 0 Å². The molecule has 0 rings (SSSR count). The van der Waals surface area contributed by atoms with Crippen molar-refractivity contribution in [2.45, 2.75) is 27.2 Å². The number of carbonyl (C=O) groups excluding carboxylic acids is 1. The normalized spacial score (nSPS) is 13.5. The molecule has 0 aromatic rings. The molecule has 11 heavy (non-hydrogen) atoms. The van der Waals surface area contributed by atoms with Crippen molar-refractivity contribution >= 4 is 6.29 Å². The number of rotatable bonds is 4. The van der Waals surface area contributed by atoms with Crippen LogP contribution in [0.1, 0.15) is 27.2 Å². The Labute approximate surface area is 62.2 Å². The van der Waals surface area contributed by atoms with Gasteiger partial charge in [0.2, 0.25) is 0 Å². The zero-order valence-electron chi connectivity index (χ0n) is 7.63. The third-order valence-corrected chi connectivity index (χ3v) is 2.14. The largest absolute Gasteiger partial charge is 0.396 e. The van der Waals surface area contributed by atoms with Gasteiger partial charge in [-0.05, 0) is 12.3 Å². The molecule has 0 spiro atoms. The smallest absolute Gasteiger partial charge is 0.125 e. The van der Waals surface area contributed by atoms with Gasteiger partial charge in [0, 0.05) is 12.0 Å². The van der Waals surface area contributed by atoms with E-state index in [1.807, 2.05) is 20.8 Å². The molecule has 0 aliphatic carbocycles. The van der Waals surface area contributed by atoms with Gasteiger partial charge in [-0.3, -0.25) is 0 Å². The summed E-state index contributed by atoms with van der Waals surface area (Å²) in [5, 5.41) is 8.58. The van der Waals surface area contributed by atoms with Crippen molar-refractivity contribution in [2.24, 2.45) is 11.3 Å². The molecule has 0 fully saturated rings. The predicted molar refractivity (Wildman–Crippen MR) is 40.7 cm³/mol. The third-order valence-electron chi connectivity index (χ3n) is 2.14. The predicted octanol–water partition coefficient (Wildman–Crippen LogP) is 1.23. The van der Waals surface area contributed by atoms with Gasteiger partial charge in [-0.25, -0.2) is 0 Å². The van der Waals surface area contributed by atoms with Crippen LogP contribution in [0.2, 0.25) is 0 Å². The molecular formula is C8H16O2Sg. The maximum atomic E-state index is 10.5. The second kappa shape index (κ2) is 4.45. The summed E-state index contributed by atoms with van der Waals surface area (Å²) in [6, 6.07) is 0. The maximum Gasteiger partial charge on any atom is 0.125 e. The van der Waals surface area contributed by atoms with Crippen LogP contribution in [0.15, 0.2) is 0 Å². The van der Waals surface area contributed by atoms with Gasteiger partial charge in [-0.15, -0.1) is 0 Å². The van der Waals surface area contributed by atoms with Gasteiger partial charge >= 0.3 is 0 Å². The van der Waals surface area contributed by atoms with Crippen LogP contribution >= 0.6 is 0 Å². The second-order valence-corrected chi connectivity index (χ2v) is 3.35. The van der Waals surface area contributed by atoms with Crippen LogP contribution in [0.3, 0.4) is 0 Å². The Morgan fingerprint density at radius 3 is 2.27 bits per heavy atom. The fourth-order valence-electron chi connectivity index (χ4n) is 0.682. The van der Waals surface area contributed by atoms with Crippen molar-refractivity contribution in [3.8, 4) is 0 Å². The SMILES string of the molecule is C[C@@H](CCO)C(C)(C)C=O.[Sg]. The Morgan fingerprint density at radius 2 is 2.00 bits per heavy atom. The fourth-order valence-corrected chi connectivity index (χ4v) is 0.682. The van der Waals surface area contributed by atoms with Gasteiger partial charge in [0.1, 0.15) is 6.29 Å². The molecule has 62 valence electrons. The molecule has 0 unspecified atom stereocenters. The minimum atomic E-state index is -0.289. The van der Waals surface area contributed by atoms with Gasteiger partial charge in [0.15, 0.2) is 0 Å². The van der Waals surface area contributed by atoms with Crippen LogP contribution in [0.4, 0.5) is 0 Å². The first-order valence-corrected chi connectivity index (χ1v) is 3.61. The quantitative estimate of drug-likeness (QED) is 0.705. The average molecular weight is 413 g/mol. The minimum Gasteiger partial charge on any atom is -0.396 e. The van der Waals surface area contributed by atoms with Crippen molar-refractivity contribution in [3.63, 3.8) is 0 Å². The van der Waals surface area contributed by atoms with Crippen LogP contribution in [0.5, 0.6) is 0 Å². The summed E-state index contributed by atoms with van der Waals surface area (Å²) in [5.41, 5.74) is -0.289. The van der Waals surface area contributed by atoms with Gasteiger partial charge in [-0.1, -0.05) is 20.8 Å². The van der Waals surface area contributed by atoms with Gasteiger partial charge in [-0.2, -0.15) is 0 Å². The van der Waals surface area contributed by atoms with E-state index in [9.17, 15) is 4.79 Å². The van der Waals surface area contributed by atoms with Crippen molar-refractivity contribution in [3.05, 3.63) is 0 Å². The maximum absolute atomic E-state index is 10.5. The molecule has 3 heteroatoms. The molecule has 0 aliphatic heterocycles. The molecule has 2 nitrogen and oxygen atoms in total. The fraction of sp³-hybridized carbons (Fsp3) is 0.875. The summed E-state index contributed by atoms with van der Waals surface area (Å²) in [6.07, 6.45) is 1.65. The number of hydrogen-bond donors (Lipinski definition) is 1. The summed E-state index contributed by atoms with van der Waals surface area (Å²) in [7, 11) is 0. The molecule has 0 saturated heterocycles. The summed E-state index contributed by atoms with van der Waals surface area (Å²) in [4.78, 5) is 10.5. The Balaban J connectivity index is 0. The molecule has 0 heterocycles. The molecule has 1 atom stereocenters. The average Bonchev–Trinajstić information content (AvgIpc) is 1.89. The molecule has 0 saturated carbocycles. The van der Waals surface area contributed by atoms with Crippen LogP contribution < -0.4 is 0 Å². The van der Waals surface area contributed by atoms with Crippen molar-refractivity contribution in [2.75, 3.05) is 6.61 Å². The molecule has 0 aliphatic rings. The first-order valence-electron chi connectivity index (χ1n) is 3.61. The van der Waals surface area contributed by atoms with E-state index in [0.29, 0.717) is 6.42 Å². The zero-order chi connectivity index (χ0) is 8.20. The van der Waals surface area contributed by atoms with E-state index in [2.05, 4.69) is 0 Å². The van der Waals surface area contributed by atoms with E-state index < -0.39 is 0 Å². The first kappa shape index (κ1) is 12.3. The van der Waals surface area contributed by atoms with Crippen LogP contribution in [-0.2, 0) is 4.79 Å². The van der Waals surface area contributed by atoms with Gasteiger partial charge in [0.05, 0.1) is 0 Å². The minimum absolute atomic E-state index is 0. The van der Waals surface area contributed by atoms with Crippen molar-refractivity contribution < 1.29 is 9.90 Å². The van der Waals surface area contributed by atoms with Crippen LogP contribution in [0.25, 0.3) is 0 Å². The molecule has 0 bridgehead atoms. The molecule has 0 radical (unpaired) electrons. The van der Waals surface area contributed by atoms with Gasteiger partial charge in [0.25, 0.3) is 0 Å². The number of aldehydes is 1. The monoisotopic (exact) mass is 415 g/mol. The van der Waals surface area contributed by atoms with E-state index in [-0.39, 0.29) is 17.9 Å². The van der Waals surface area contributed by atoms with Gasteiger partial charge < -0.3 is 9.90 Å². The molecular weight excluding hydrogens is 397 g/mol. The molecule has 0 amide bonds. The van der Waals surface area contributed by atoms with Crippen LogP contribution in [-0.4, -0.2) is 18.0 Å². The Hall–Kier alpha value is -1.37. The first-order chi connectivity index (χ1) is 4.54. The Bertz CT molecular complexity index is 113. The van der Waals surface area contributed by atoms with E-state index >= 15 is 0 Å². The van der Waals surface area contributed by atoms with Crippen molar-refractivity contribution in [1.82, 2.24) is 0 Å². The Morgan fingerprint density at radius 1 is 1.55 bits per heavy atom. The number of aliphatic hydroxyl groups excluding tert-OH is 1. The summed E-state index contributed by atoms with van der Waals surface area (Å²) in [5.74, 6) is 0.259. The Kier molecular flexibility index (Phi) is 4.98. The molecule has 0 aromatic carbocycles. The number of aliphatic hydroxyl groups is 1. The van der Waals surface area contributed by atoms with E-state index in [1.54, 1.807) is 0 Å².